The molecule has 0 amide bonds. The van der Waals surface area contributed by atoms with Gasteiger partial charge in [-0.2, -0.15) is 15.1 Å². The van der Waals surface area contributed by atoms with Gasteiger partial charge in [-0.15, -0.1) is 0 Å². The highest BCUT2D eigenvalue weighted by molar-refractivity contribution is 5.99. The third-order valence-electron chi connectivity index (χ3n) is 10.4. The molecule has 2 N–H and O–H groups in total. The van der Waals surface area contributed by atoms with E-state index in [2.05, 4.69) is 40.3 Å². The molecule has 4 aromatic rings. The summed E-state index contributed by atoms with van der Waals surface area (Å²) in [7, 11) is 0. The maximum absolute atomic E-state index is 14.4. The van der Waals surface area contributed by atoms with Crippen molar-refractivity contribution in [3.8, 4) is 17.3 Å². The zero-order valence-electron chi connectivity index (χ0n) is 24.3. The molecule has 4 aliphatic heterocycles. The Kier molecular flexibility index (Phi) is 6.14. The molecule has 9 nitrogen and oxygen atoms in total. The number of ether oxygens (including phenoxy) is 1. The Morgan fingerprint density at radius 2 is 2.00 bits per heavy atom. The smallest absolute Gasteiger partial charge is 0.319 e. The van der Waals surface area contributed by atoms with Gasteiger partial charge < -0.3 is 15.0 Å². The first kappa shape index (κ1) is 27.1. The summed E-state index contributed by atoms with van der Waals surface area (Å²) >= 11 is 0. The molecule has 0 radical (unpaired) electrons. The molecule has 2 bridgehead atoms. The van der Waals surface area contributed by atoms with E-state index in [1.54, 1.807) is 12.4 Å². The van der Waals surface area contributed by atoms with E-state index in [1.165, 1.54) is 0 Å². The first-order valence-corrected chi connectivity index (χ1v) is 15.2. The third-order valence-corrected chi connectivity index (χ3v) is 10.4. The normalized spacial score (nSPS) is 28.9. The largest absolute Gasteiger partial charge is 0.461 e. The van der Waals surface area contributed by atoms with Crippen molar-refractivity contribution >= 4 is 27.6 Å². The fourth-order valence-corrected chi connectivity index (χ4v) is 8.06. The van der Waals surface area contributed by atoms with Gasteiger partial charge in [-0.3, -0.25) is 15.0 Å². The fourth-order valence-electron chi connectivity index (χ4n) is 8.06. The Hall–Kier alpha value is -3.51. The van der Waals surface area contributed by atoms with E-state index in [0.717, 1.165) is 52.7 Å². The quantitative estimate of drug-likeness (QED) is 0.332. The van der Waals surface area contributed by atoms with Gasteiger partial charge in [0.25, 0.3) is 6.43 Å². The van der Waals surface area contributed by atoms with Crippen molar-refractivity contribution in [3.63, 3.8) is 0 Å². The molecule has 4 saturated heterocycles. The minimum Gasteiger partial charge on any atom is -0.461 e. The van der Waals surface area contributed by atoms with E-state index in [4.69, 9.17) is 19.7 Å². The highest BCUT2D eigenvalue weighted by atomic mass is 19.3. The molecular formula is C31H35F3N8O. The average Bonchev–Trinajstić information content (AvgIpc) is 3.74. The fraction of sp³-hybridized carbons (Fsp3) is 0.548. The van der Waals surface area contributed by atoms with Gasteiger partial charge in [0, 0.05) is 49.2 Å². The van der Waals surface area contributed by atoms with Gasteiger partial charge in [0.15, 0.2) is 0 Å². The maximum atomic E-state index is 14.4. The second kappa shape index (κ2) is 9.75. The lowest BCUT2D eigenvalue weighted by Gasteiger charge is -2.41. The predicted molar refractivity (Wildman–Crippen MR) is 158 cm³/mol. The number of anilines is 1. The van der Waals surface area contributed by atoms with Crippen LogP contribution in [0.4, 0.5) is 19.0 Å². The molecule has 8 rings (SSSR count). The number of halogens is 3. The van der Waals surface area contributed by atoms with E-state index in [9.17, 15) is 13.2 Å². The lowest BCUT2D eigenvalue weighted by atomic mass is 9.95. The summed E-state index contributed by atoms with van der Waals surface area (Å²) < 4.78 is 49.5. The first-order valence-electron chi connectivity index (χ1n) is 15.2. The summed E-state index contributed by atoms with van der Waals surface area (Å²) in [5, 5.41) is 12.1. The van der Waals surface area contributed by atoms with Crippen LogP contribution in [0.15, 0.2) is 24.5 Å². The number of H-pyrrole nitrogens is 1. The Morgan fingerprint density at radius 3 is 2.86 bits per heavy atom. The molecule has 4 fully saturated rings. The number of aromatic amines is 1. The summed E-state index contributed by atoms with van der Waals surface area (Å²) in [5.41, 5.74) is 3.80. The number of rotatable bonds is 6. The van der Waals surface area contributed by atoms with E-state index in [1.807, 2.05) is 11.0 Å². The van der Waals surface area contributed by atoms with Crippen LogP contribution >= 0.6 is 0 Å². The summed E-state index contributed by atoms with van der Waals surface area (Å²) in [6, 6.07) is 4.12. The molecule has 0 saturated carbocycles. The molecule has 12 heteroatoms. The van der Waals surface area contributed by atoms with Crippen LogP contribution < -0.4 is 15.0 Å². The standard InChI is InChI=1S/C31H35F3N8O/c1-17-8-24-21(12-36-40-24)26(18(17)2)25-9-23-22(11-35-25)27(41-14-20-4-6-31(15-41,39-20)28(33)34)38-29(37-23)43-16-30-5-3-7-42(30)13-19(32)10-30/h8-9,11-12,19-20,28,39H,3-7,10,13-16H2,1-2H3,(H,36,40). The average molecular weight is 593 g/mol. The monoisotopic (exact) mass is 592 g/mol. The van der Waals surface area contributed by atoms with Crippen LogP contribution in [0.25, 0.3) is 33.1 Å². The summed E-state index contributed by atoms with van der Waals surface area (Å²) in [5.74, 6) is 0.544. The van der Waals surface area contributed by atoms with Crippen LogP contribution in [0.2, 0.25) is 0 Å². The Labute approximate surface area is 247 Å². The van der Waals surface area contributed by atoms with Gasteiger partial charge in [0.1, 0.15) is 18.6 Å². The van der Waals surface area contributed by atoms with Crippen molar-refractivity contribution in [3.05, 3.63) is 35.7 Å². The van der Waals surface area contributed by atoms with Crippen LogP contribution in [0.1, 0.15) is 43.2 Å². The van der Waals surface area contributed by atoms with Crippen molar-refractivity contribution in [2.24, 2.45) is 0 Å². The van der Waals surface area contributed by atoms with E-state index >= 15 is 0 Å². The molecule has 4 aliphatic rings. The molecular weight excluding hydrogens is 557 g/mol. The SMILES string of the molecule is Cc1cc2[nH]ncc2c(-c2cc3nc(OCC45CCCN4CC(F)C5)nc(N4CC5CCC(C(F)F)(C4)N5)c3cn2)c1C. The number of piperazine rings is 1. The van der Waals surface area contributed by atoms with Gasteiger partial charge in [0.2, 0.25) is 0 Å². The number of nitrogens with one attached hydrogen (secondary N) is 2. The Balaban J connectivity index is 1.23. The van der Waals surface area contributed by atoms with Crippen molar-refractivity contribution in [2.45, 2.75) is 75.7 Å². The zero-order chi connectivity index (χ0) is 29.5. The van der Waals surface area contributed by atoms with Crippen LogP contribution in [0.3, 0.4) is 0 Å². The minimum absolute atomic E-state index is 0.0559. The number of benzene rings is 1. The molecule has 4 atom stereocenters. The Bertz CT molecular complexity index is 1730. The summed E-state index contributed by atoms with van der Waals surface area (Å²) in [4.78, 5) is 18.7. The zero-order valence-corrected chi connectivity index (χ0v) is 24.3. The number of fused-ring (bicyclic) bond motifs is 5. The molecule has 226 valence electrons. The van der Waals surface area contributed by atoms with Gasteiger partial charge >= 0.3 is 6.01 Å². The van der Waals surface area contributed by atoms with Crippen LogP contribution in [-0.4, -0.2) is 92.6 Å². The Morgan fingerprint density at radius 1 is 1.12 bits per heavy atom. The van der Waals surface area contributed by atoms with Gasteiger partial charge in [-0.1, -0.05) is 0 Å². The molecule has 1 aromatic carbocycles. The maximum Gasteiger partial charge on any atom is 0.319 e. The van der Waals surface area contributed by atoms with Gasteiger partial charge in [-0.25, -0.2) is 13.2 Å². The number of aryl methyl sites for hydroxylation is 1. The molecule has 3 aromatic heterocycles. The van der Waals surface area contributed by atoms with Crippen molar-refractivity contribution in [1.82, 2.24) is 35.4 Å². The second-order valence-electron chi connectivity index (χ2n) is 13.0. The third kappa shape index (κ3) is 4.28. The lowest BCUT2D eigenvalue weighted by Crippen LogP contribution is -2.63. The molecule has 4 unspecified atom stereocenters. The highest BCUT2D eigenvalue weighted by Crippen LogP contribution is 2.42. The summed E-state index contributed by atoms with van der Waals surface area (Å²) in [6.07, 6.45) is 3.59. The first-order chi connectivity index (χ1) is 20.7. The van der Waals surface area contributed by atoms with Crippen LogP contribution in [0, 0.1) is 13.8 Å². The number of aromatic nitrogens is 5. The van der Waals surface area contributed by atoms with E-state index < -0.39 is 18.1 Å². The molecule has 0 spiro atoms. The molecule has 43 heavy (non-hydrogen) atoms. The number of hydrogen-bond donors (Lipinski definition) is 2. The van der Waals surface area contributed by atoms with E-state index in [0.29, 0.717) is 49.1 Å². The summed E-state index contributed by atoms with van der Waals surface area (Å²) in [6.45, 7) is 6.37. The van der Waals surface area contributed by atoms with Crippen molar-refractivity contribution < 1.29 is 17.9 Å². The minimum atomic E-state index is -2.50. The number of alkyl halides is 3. The topological polar surface area (TPSA) is 95.1 Å². The van der Waals surface area contributed by atoms with Crippen LogP contribution in [0.5, 0.6) is 6.01 Å². The number of nitrogens with zero attached hydrogens (tertiary/aromatic N) is 6. The van der Waals surface area contributed by atoms with Gasteiger partial charge in [-0.05, 0) is 69.3 Å². The lowest BCUT2D eigenvalue weighted by molar-refractivity contribution is 0.0367. The van der Waals surface area contributed by atoms with Crippen molar-refractivity contribution in [1.29, 1.82) is 0 Å². The molecule has 7 heterocycles. The van der Waals surface area contributed by atoms with Gasteiger partial charge in [0.05, 0.1) is 39.4 Å². The second-order valence-corrected chi connectivity index (χ2v) is 13.0. The number of pyridine rings is 1. The molecule has 0 aliphatic carbocycles. The number of hydrogen-bond acceptors (Lipinski definition) is 8. The highest BCUT2D eigenvalue weighted by Gasteiger charge is 2.52. The van der Waals surface area contributed by atoms with Crippen molar-refractivity contribution in [2.75, 3.05) is 37.7 Å². The van der Waals surface area contributed by atoms with E-state index in [-0.39, 0.29) is 30.7 Å². The van der Waals surface area contributed by atoms with Crippen LogP contribution in [-0.2, 0) is 0 Å². The predicted octanol–water partition coefficient (Wildman–Crippen LogP) is 4.72.